The van der Waals surface area contributed by atoms with Gasteiger partial charge in [0.1, 0.15) is 0 Å². The van der Waals surface area contributed by atoms with Gasteiger partial charge in [-0.1, -0.05) is 0 Å². The van der Waals surface area contributed by atoms with Gasteiger partial charge in [-0.3, -0.25) is 9.78 Å². The highest BCUT2D eigenvalue weighted by molar-refractivity contribution is 5.94. The van der Waals surface area contributed by atoms with Crippen molar-refractivity contribution < 1.29 is 9.18 Å². The molecule has 0 radical (unpaired) electrons. The molecule has 0 fully saturated rings. The second-order valence-electron chi connectivity index (χ2n) is 2.63. The molecule has 0 bridgehead atoms. The maximum absolute atomic E-state index is 12.9. The van der Waals surface area contributed by atoms with E-state index in [0.717, 1.165) is 6.20 Å². The first-order valence-corrected chi connectivity index (χ1v) is 3.77. The number of hydrogen-bond acceptors (Lipinski definition) is 3. The maximum Gasteiger partial charge on any atom is 0.241 e. The summed E-state index contributed by atoms with van der Waals surface area (Å²) < 4.78 is 12.9. The molecule has 3 N–H and O–H groups in total. The van der Waals surface area contributed by atoms with Crippen molar-refractivity contribution in [1.29, 1.82) is 0 Å². The fourth-order valence-corrected chi connectivity index (χ4v) is 0.723. The Kier molecular flexibility index (Phi) is 2.92. The number of amides is 1. The van der Waals surface area contributed by atoms with Crippen molar-refractivity contribution in [3.63, 3.8) is 0 Å². The van der Waals surface area contributed by atoms with Crippen LogP contribution in [0, 0.1) is 5.82 Å². The van der Waals surface area contributed by atoms with Gasteiger partial charge in [0.2, 0.25) is 5.91 Å². The summed E-state index contributed by atoms with van der Waals surface area (Å²) in [6.07, 6.45) is 2.41. The van der Waals surface area contributed by atoms with Crippen LogP contribution in [0.15, 0.2) is 18.5 Å². The van der Waals surface area contributed by atoms with Crippen LogP contribution in [0.5, 0.6) is 0 Å². The molecule has 1 aromatic rings. The zero-order chi connectivity index (χ0) is 9.84. The van der Waals surface area contributed by atoms with E-state index in [0.29, 0.717) is 0 Å². The van der Waals surface area contributed by atoms with Gasteiger partial charge in [-0.2, -0.15) is 0 Å². The molecule has 4 nitrogen and oxygen atoms in total. The molecule has 0 saturated carbocycles. The van der Waals surface area contributed by atoms with Crippen LogP contribution in [0.25, 0.3) is 0 Å². The number of aromatic nitrogens is 1. The summed E-state index contributed by atoms with van der Waals surface area (Å²) in [7, 11) is 0. The van der Waals surface area contributed by atoms with E-state index in [2.05, 4.69) is 10.3 Å². The monoisotopic (exact) mass is 183 g/mol. The summed E-state index contributed by atoms with van der Waals surface area (Å²) in [5.74, 6) is -0.999. The lowest BCUT2D eigenvalue weighted by Gasteiger charge is -2.07. The third-order valence-corrected chi connectivity index (χ3v) is 1.44. The molecular weight excluding hydrogens is 173 g/mol. The zero-order valence-electron chi connectivity index (χ0n) is 7.12. The van der Waals surface area contributed by atoms with Crippen molar-refractivity contribution >= 4 is 11.6 Å². The molecule has 0 aliphatic rings. The second-order valence-corrected chi connectivity index (χ2v) is 2.63. The minimum absolute atomic E-state index is 0.0947. The standard InChI is InChI=1S/C8H10FN3O/c1-5(10)8(13)12-7-2-3-11-4-6(7)9/h2-5H,10H2,1H3,(H,11,12,13). The van der Waals surface area contributed by atoms with Crippen LogP contribution in [0.1, 0.15) is 6.92 Å². The molecule has 1 rings (SSSR count). The molecule has 1 heterocycles. The normalized spacial score (nSPS) is 12.2. The number of anilines is 1. The van der Waals surface area contributed by atoms with E-state index in [1.165, 1.54) is 19.2 Å². The molecular formula is C8H10FN3O. The third-order valence-electron chi connectivity index (χ3n) is 1.44. The van der Waals surface area contributed by atoms with Crippen LogP contribution in [-0.2, 0) is 4.79 Å². The molecule has 0 aliphatic heterocycles. The predicted molar refractivity (Wildman–Crippen MR) is 46.5 cm³/mol. The number of halogens is 1. The van der Waals surface area contributed by atoms with Crippen LogP contribution >= 0.6 is 0 Å². The summed E-state index contributed by atoms with van der Waals surface area (Å²) >= 11 is 0. The van der Waals surface area contributed by atoms with Gasteiger partial charge in [0.05, 0.1) is 17.9 Å². The van der Waals surface area contributed by atoms with Gasteiger partial charge in [-0.05, 0) is 13.0 Å². The average molecular weight is 183 g/mol. The molecule has 0 spiro atoms. The molecule has 1 amide bonds. The van der Waals surface area contributed by atoms with E-state index in [4.69, 9.17) is 5.73 Å². The molecule has 70 valence electrons. The number of nitrogens with one attached hydrogen (secondary N) is 1. The topological polar surface area (TPSA) is 68.0 Å². The third kappa shape index (κ3) is 2.48. The highest BCUT2D eigenvalue weighted by Crippen LogP contribution is 2.10. The van der Waals surface area contributed by atoms with Gasteiger partial charge in [-0.25, -0.2) is 4.39 Å². The zero-order valence-corrected chi connectivity index (χ0v) is 7.12. The number of rotatable bonds is 2. The smallest absolute Gasteiger partial charge is 0.241 e. The Hall–Kier alpha value is -1.49. The Morgan fingerprint density at radius 2 is 2.46 bits per heavy atom. The first kappa shape index (κ1) is 9.60. The van der Waals surface area contributed by atoms with Crippen molar-refractivity contribution in [2.75, 3.05) is 5.32 Å². The highest BCUT2D eigenvalue weighted by Gasteiger charge is 2.09. The number of carbonyl (C=O) groups excluding carboxylic acids is 1. The second kappa shape index (κ2) is 3.95. The lowest BCUT2D eigenvalue weighted by atomic mass is 10.3. The van der Waals surface area contributed by atoms with Crippen LogP contribution in [0.4, 0.5) is 10.1 Å². The van der Waals surface area contributed by atoms with Crippen LogP contribution < -0.4 is 11.1 Å². The van der Waals surface area contributed by atoms with Crippen molar-refractivity contribution in [2.24, 2.45) is 5.73 Å². The Balaban J connectivity index is 2.75. The number of hydrogen-bond donors (Lipinski definition) is 2. The van der Waals surface area contributed by atoms with Crippen molar-refractivity contribution in [3.8, 4) is 0 Å². The Labute approximate surface area is 75.0 Å². The van der Waals surface area contributed by atoms with Crippen LogP contribution in [0.2, 0.25) is 0 Å². The van der Waals surface area contributed by atoms with Crippen LogP contribution in [0.3, 0.4) is 0 Å². The fourth-order valence-electron chi connectivity index (χ4n) is 0.723. The predicted octanol–water partition coefficient (Wildman–Crippen LogP) is 0.506. The minimum Gasteiger partial charge on any atom is -0.322 e. The van der Waals surface area contributed by atoms with E-state index in [1.54, 1.807) is 0 Å². The van der Waals surface area contributed by atoms with E-state index in [9.17, 15) is 9.18 Å². The van der Waals surface area contributed by atoms with Crippen molar-refractivity contribution in [3.05, 3.63) is 24.3 Å². The number of carbonyl (C=O) groups is 1. The van der Waals surface area contributed by atoms with Gasteiger partial charge in [0.25, 0.3) is 0 Å². The van der Waals surface area contributed by atoms with Gasteiger partial charge < -0.3 is 11.1 Å². The minimum atomic E-state index is -0.660. The molecule has 1 unspecified atom stereocenters. The van der Waals surface area contributed by atoms with E-state index in [-0.39, 0.29) is 5.69 Å². The lowest BCUT2D eigenvalue weighted by molar-refractivity contribution is -0.117. The summed E-state index contributed by atoms with van der Waals surface area (Å²) in [6, 6.07) is 0.711. The largest absolute Gasteiger partial charge is 0.322 e. The maximum atomic E-state index is 12.9. The number of pyridine rings is 1. The Morgan fingerprint density at radius 1 is 1.77 bits per heavy atom. The number of nitrogens with two attached hydrogens (primary N) is 1. The van der Waals surface area contributed by atoms with E-state index in [1.807, 2.05) is 0 Å². The fraction of sp³-hybridized carbons (Fsp3) is 0.250. The first-order chi connectivity index (χ1) is 6.11. The molecule has 1 aromatic heterocycles. The van der Waals surface area contributed by atoms with Gasteiger partial charge in [-0.15, -0.1) is 0 Å². The molecule has 0 aliphatic carbocycles. The summed E-state index contributed by atoms with van der Waals surface area (Å²) in [6.45, 7) is 1.52. The number of nitrogens with zero attached hydrogens (tertiary/aromatic N) is 1. The highest BCUT2D eigenvalue weighted by atomic mass is 19.1. The Morgan fingerprint density at radius 3 is 3.00 bits per heavy atom. The summed E-state index contributed by atoms with van der Waals surface area (Å²) in [4.78, 5) is 14.6. The SMILES string of the molecule is CC(N)C(=O)Nc1ccncc1F. The van der Waals surface area contributed by atoms with E-state index >= 15 is 0 Å². The summed E-state index contributed by atoms with van der Waals surface area (Å²) in [5, 5.41) is 2.33. The van der Waals surface area contributed by atoms with Gasteiger partial charge in [0, 0.05) is 6.20 Å². The van der Waals surface area contributed by atoms with Crippen molar-refractivity contribution in [2.45, 2.75) is 13.0 Å². The molecule has 5 heteroatoms. The molecule has 0 aromatic carbocycles. The first-order valence-electron chi connectivity index (χ1n) is 3.77. The van der Waals surface area contributed by atoms with Crippen molar-refractivity contribution in [1.82, 2.24) is 4.98 Å². The Bertz CT molecular complexity index is 314. The summed E-state index contributed by atoms with van der Waals surface area (Å²) in [5.41, 5.74) is 5.38. The molecule has 1 atom stereocenters. The molecule has 0 saturated heterocycles. The average Bonchev–Trinajstić information content (AvgIpc) is 2.08. The quantitative estimate of drug-likeness (QED) is 0.701. The van der Waals surface area contributed by atoms with Crippen LogP contribution in [-0.4, -0.2) is 16.9 Å². The molecule has 13 heavy (non-hydrogen) atoms. The van der Waals surface area contributed by atoms with Gasteiger partial charge >= 0.3 is 0 Å². The van der Waals surface area contributed by atoms with Gasteiger partial charge in [0.15, 0.2) is 5.82 Å². The van der Waals surface area contributed by atoms with E-state index < -0.39 is 17.8 Å². The lowest BCUT2D eigenvalue weighted by Crippen LogP contribution is -2.32.